The van der Waals surface area contributed by atoms with E-state index in [9.17, 15) is 4.79 Å². The third-order valence-corrected chi connectivity index (χ3v) is 7.99. The van der Waals surface area contributed by atoms with E-state index in [-0.39, 0.29) is 6.10 Å². The number of esters is 1. The largest absolute Gasteiger partial charge is 0.484 e. The summed E-state index contributed by atoms with van der Waals surface area (Å²) in [5.74, 6) is 0.0255. The van der Waals surface area contributed by atoms with Crippen LogP contribution in [0.5, 0.6) is 5.75 Å². The van der Waals surface area contributed by atoms with Gasteiger partial charge in [0, 0.05) is 49.4 Å². The van der Waals surface area contributed by atoms with Gasteiger partial charge < -0.3 is 14.4 Å². The Labute approximate surface area is 219 Å². The fourth-order valence-corrected chi connectivity index (χ4v) is 5.74. The quantitative estimate of drug-likeness (QED) is 0.301. The van der Waals surface area contributed by atoms with Crippen molar-refractivity contribution in [2.24, 2.45) is 0 Å². The van der Waals surface area contributed by atoms with E-state index in [1.165, 1.54) is 24.0 Å². The Morgan fingerprint density at radius 2 is 1.92 bits per heavy atom. The Morgan fingerprint density at radius 3 is 2.67 bits per heavy atom. The van der Waals surface area contributed by atoms with Crippen LogP contribution < -0.4 is 4.74 Å². The van der Waals surface area contributed by atoms with Crippen molar-refractivity contribution in [3.05, 3.63) is 75.9 Å². The molecule has 0 amide bonds. The van der Waals surface area contributed by atoms with Gasteiger partial charge in [0.25, 0.3) is 0 Å². The molecule has 1 fully saturated rings. The highest BCUT2D eigenvalue weighted by Gasteiger charge is 2.23. The Hall–Kier alpha value is -2.91. The van der Waals surface area contributed by atoms with Crippen molar-refractivity contribution in [2.75, 3.05) is 40.3 Å². The van der Waals surface area contributed by atoms with Gasteiger partial charge in [-0.3, -0.25) is 9.47 Å². The average molecular weight is 525 g/mol. The van der Waals surface area contributed by atoms with Crippen LogP contribution in [-0.4, -0.2) is 65.7 Å². The molecule has 188 valence electrons. The average Bonchev–Trinajstić information content (AvgIpc) is 3.49. The second kappa shape index (κ2) is 10.6. The van der Waals surface area contributed by atoms with Gasteiger partial charge in [-0.25, -0.2) is 9.78 Å². The van der Waals surface area contributed by atoms with Crippen molar-refractivity contribution in [2.45, 2.75) is 19.6 Å². The topological polar surface area (TPSA) is 59.8 Å². The van der Waals surface area contributed by atoms with Crippen molar-refractivity contribution in [3.8, 4) is 10.8 Å². The predicted molar refractivity (Wildman–Crippen MR) is 144 cm³/mol. The Balaban J connectivity index is 1.45. The Kier molecular flexibility index (Phi) is 7.29. The lowest BCUT2D eigenvalue weighted by Crippen LogP contribution is -2.43. The van der Waals surface area contributed by atoms with Crippen LogP contribution in [0.4, 0.5) is 0 Å². The molecule has 2 aromatic carbocycles. The number of halogens is 1. The van der Waals surface area contributed by atoms with Crippen LogP contribution in [0, 0.1) is 0 Å². The van der Waals surface area contributed by atoms with Crippen LogP contribution in [0.25, 0.3) is 16.0 Å². The van der Waals surface area contributed by atoms with Crippen molar-refractivity contribution >= 4 is 39.9 Å². The molecule has 1 atom stereocenters. The lowest BCUT2D eigenvalue weighted by molar-refractivity contribution is 0.0600. The minimum atomic E-state index is -0.437. The van der Waals surface area contributed by atoms with Gasteiger partial charge in [0.05, 0.1) is 18.1 Å². The second-order valence-corrected chi connectivity index (χ2v) is 10.5. The number of thiophene rings is 1. The molecule has 1 unspecified atom stereocenters. The normalized spacial score (nSPS) is 15.8. The maximum atomic E-state index is 12.6. The fourth-order valence-electron chi connectivity index (χ4n) is 4.45. The number of carbonyl (C=O) groups is 1. The predicted octanol–water partition coefficient (Wildman–Crippen LogP) is 5.41. The monoisotopic (exact) mass is 524 g/mol. The summed E-state index contributed by atoms with van der Waals surface area (Å²) < 4.78 is 13.3. The molecule has 0 bridgehead atoms. The number of nitrogens with zero attached hydrogens (tertiary/aromatic N) is 4. The molecule has 0 radical (unpaired) electrons. The summed E-state index contributed by atoms with van der Waals surface area (Å²) in [6.07, 6.45) is 1.44. The first-order valence-electron chi connectivity index (χ1n) is 11.9. The molecule has 9 heteroatoms. The molecule has 0 aliphatic carbocycles. The molecule has 1 aliphatic rings. The lowest BCUT2D eigenvalue weighted by atomic mass is 10.1. The molecule has 0 N–H and O–H groups in total. The number of piperazine rings is 1. The molecule has 7 nitrogen and oxygen atoms in total. The van der Waals surface area contributed by atoms with Gasteiger partial charge in [-0.2, -0.15) is 0 Å². The molecule has 1 aliphatic heterocycles. The molecule has 3 heterocycles. The van der Waals surface area contributed by atoms with Gasteiger partial charge in [-0.05, 0) is 37.7 Å². The zero-order valence-electron chi connectivity index (χ0n) is 20.6. The number of imidazole rings is 1. The SMILES string of the molecule is COC(=O)c1sc(-n2cnc3ccc(CN4CCN(C)CC4)cc32)cc1OC(C)c1ccccc1Cl. The van der Waals surface area contributed by atoms with Gasteiger partial charge in [0.1, 0.15) is 23.2 Å². The molecule has 4 aromatic rings. The number of hydrogen-bond acceptors (Lipinski definition) is 7. The number of fused-ring (bicyclic) bond motifs is 1. The van der Waals surface area contributed by atoms with Crippen LogP contribution in [-0.2, 0) is 11.3 Å². The first-order valence-corrected chi connectivity index (χ1v) is 13.1. The standard InChI is InChI=1S/C27H29ClN4O3S/c1-18(20-6-4-5-7-21(20)28)35-24-15-25(36-26(24)27(33)34-3)32-17-29-22-9-8-19(14-23(22)32)16-31-12-10-30(2)11-13-31/h4-9,14-15,17-18H,10-13,16H2,1-3H3. The zero-order chi connectivity index (χ0) is 25.2. The minimum Gasteiger partial charge on any atom is -0.484 e. The van der Waals surface area contributed by atoms with E-state index in [0.717, 1.165) is 54.3 Å². The van der Waals surface area contributed by atoms with E-state index in [0.29, 0.717) is 15.6 Å². The second-order valence-electron chi connectivity index (χ2n) is 9.07. The van der Waals surface area contributed by atoms with Crippen LogP contribution in [0.1, 0.15) is 33.8 Å². The molecule has 36 heavy (non-hydrogen) atoms. The third kappa shape index (κ3) is 5.13. The third-order valence-electron chi connectivity index (χ3n) is 6.55. The maximum absolute atomic E-state index is 12.6. The Morgan fingerprint density at radius 1 is 1.14 bits per heavy atom. The number of methoxy groups -OCH3 is 1. The summed E-state index contributed by atoms with van der Waals surface area (Å²) in [7, 11) is 3.54. The Bertz CT molecular complexity index is 1380. The van der Waals surface area contributed by atoms with Crippen LogP contribution in [0.2, 0.25) is 5.02 Å². The molecule has 0 saturated carbocycles. The summed E-state index contributed by atoms with van der Waals surface area (Å²) in [5.41, 5.74) is 3.98. The van der Waals surface area contributed by atoms with E-state index in [4.69, 9.17) is 21.1 Å². The molecule has 0 spiro atoms. The first-order chi connectivity index (χ1) is 17.4. The molecule has 5 rings (SSSR count). The van der Waals surface area contributed by atoms with E-state index >= 15 is 0 Å². The van der Waals surface area contributed by atoms with E-state index in [1.807, 2.05) is 41.8 Å². The molecular formula is C27H29ClN4O3S. The number of rotatable bonds is 7. The number of ether oxygens (including phenoxy) is 2. The van der Waals surface area contributed by atoms with Gasteiger partial charge in [0.2, 0.25) is 0 Å². The summed E-state index contributed by atoms with van der Waals surface area (Å²) in [5, 5.41) is 1.45. The number of likely N-dealkylation sites (N-methyl/N-ethyl adjacent to an activating group) is 1. The summed E-state index contributed by atoms with van der Waals surface area (Å²) >= 11 is 7.69. The minimum absolute atomic E-state index is 0.348. The number of aromatic nitrogens is 2. The number of carbonyl (C=O) groups excluding carboxylic acids is 1. The fraction of sp³-hybridized carbons (Fsp3) is 0.333. The highest BCUT2D eigenvalue weighted by Crippen LogP contribution is 2.37. The highest BCUT2D eigenvalue weighted by molar-refractivity contribution is 7.16. The molecule has 2 aromatic heterocycles. The summed E-state index contributed by atoms with van der Waals surface area (Å²) in [4.78, 5) is 22.4. The smallest absolute Gasteiger partial charge is 0.351 e. The van der Waals surface area contributed by atoms with E-state index < -0.39 is 5.97 Å². The van der Waals surface area contributed by atoms with Crippen molar-refractivity contribution in [3.63, 3.8) is 0 Å². The maximum Gasteiger partial charge on any atom is 0.351 e. The van der Waals surface area contributed by atoms with Gasteiger partial charge >= 0.3 is 5.97 Å². The summed E-state index contributed by atoms with van der Waals surface area (Å²) in [6, 6.07) is 15.8. The van der Waals surface area contributed by atoms with Gasteiger partial charge in [0.15, 0.2) is 4.88 Å². The van der Waals surface area contributed by atoms with Gasteiger partial charge in [-0.1, -0.05) is 35.9 Å². The first kappa shape index (κ1) is 24.8. The van der Waals surface area contributed by atoms with Crippen molar-refractivity contribution in [1.29, 1.82) is 0 Å². The highest BCUT2D eigenvalue weighted by atomic mass is 35.5. The lowest BCUT2D eigenvalue weighted by Gasteiger charge is -2.32. The summed E-state index contributed by atoms with van der Waals surface area (Å²) in [6.45, 7) is 7.10. The van der Waals surface area contributed by atoms with Crippen LogP contribution in [0.15, 0.2) is 54.9 Å². The van der Waals surface area contributed by atoms with Crippen molar-refractivity contribution in [1.82, 2.24) is 19.4 Å². The number of hydrogen-bond donors (Lipinski definition) is 0. The molecule has 1 saturated heterocycles. The van der Waals surface area contributed by atoms with Crippen LogP contribution >= 0.6 is 22.9 Å². The molecular weight excluding hydrogens is 496 g/mol. The number of benzene rings is 2. The zero-order valence-corrected chi connectivity index (χ0v) is 22.2. The van der Waals surface area contributed by atoms with E-state index in [1.54, 1.807) is 6.33 Å². The van der Waals surface area contributed by atoms with E-state index in [2.05, 4.69) is 40.0 Å². The van der Waals surface area contributed by atoms with Crippen molar-refractivity contribution < 1.29 is 14.3 Å². The van der Waals surface area contributed by atoms with Crippen LogP contribution in [0.3, 0.4) is 0 Å². The van der Waals surface area contributed by atoms with Gasteiger partial charge in [-0.15, -0.1) is 11.3 Å².